The predicted molar refractivity (Wildman–Crippen MR) is 91.6 cm³/mol. The van der Waals surface area contributed by atoms with Crippen molar-refractivity contribution < 1.29 is 9.53 Å². The number of anilines is 1. The topological polar surface area (TPSA) is 56.2 Å². The van der Waals surface area contributed by atoms with Gasteiger partial charge in [-0.2, -0.15) is 5.10 Å². The summed E-state index contributed by atoms with van der Waals surface area (Å²) in [6.07, 6.45) is 6.49. The zero-order chi connectivity index (χ0) is 15.9. The van der Waals surface area contributed by atoms with Crippen molar-refractivity contribution in [3.63, 3.8) is 0 Å². The third kappa shape index (κ3) is 5.11. The number of ether oxygens (including phenoxy) is 1. The fourth-order valence-corrected chi connectivity index (χ4v) is 3.40. The normalized spacial score (nSPS) is 17.3. The number of rotatable bonds is 7. The molecule has 3 rings (SSSR count). The van der Waals surface area contributed by atoms with Gasteiger partial charge in [0, 0.05) is 29.9 Å². The summed E-state index contributed by atoms with van der Waals surface area (Å²) < 4.78 is 7.43. The molecular formula is C17H21N3O2S. The predicted octanol–water partition coefficient (Wildman–Crippen LogP) is 3.18. The maximum Gasteiger partial charge on any atom is 0.225 e. The Balaban J connectivity index is 1.40. The highest BCUT2D eigenvalue weighted by atomic mass is 32.2. The second-order valence-electron chi connectivity index (χ2n) is 5.55. The van der Waals surface area contributed by atoms with Crippen molar-refractivity contribution in [2.45, 2.75) is 36.8 Å². The molecule has 0 unspecified atom stereocenters. The lowest BCUT2D eigenvalue weighted by atomic mass is 10.2. The van der Waals surface area contributed by atoms with Gasteiger partial charge < -0.3 is 10.1 Å². The number of nitrogens with zero attached hydrogens (tertiary/aromatic N) is 2. The van der Waals surface area contributed by atoms with Crippen molar-refractivity contribution in [3.8, 4) is 0 Å². The second kappa shape index (κ2) is 8.17. The van der Waals surface area contributed by atoms with E-state index in [0.717, 1.165) is 37.4 Å². The van der Waals surface area contributed by atoms with Crippen molar-refractivity contribution in [2.75, 3.05) is 17.7 Å². The number of hydrogen-bond acceptors (Lipinski definition) is 4. The Kier molecular flexibility index (Phi) is 5.71. The first kappa shape index (κ1) is 16.1. The molecule has 0 saturated carbocycles. The molecule has 2 aromatic rings. The number of carbonyl (C=O) groups excluding carboxylic acids is 1. The van der Waals surface area contributed by atoms with E-state index in [-0.39, 0.29) is 12.0 Å². The Hall–Kier alpha value is -1.79. The Morgan fingerprint density at radius 1 is 1.39 bits per heavy atom. The maximum atomic E-state index is 12.0. The highest BCUT2D eigenvalue weighted by Crippen LogP contribution is 2.18. The molecule has 0 spiro atoms. The van der Waals surface area contributed by atoms with Crippen molar-refractivity contribution in [1.82, 2.24) is 9.78 Å². The first-order valence-electron chi connectivity index (χ1n) is 7.91. The van der Waals surface area contributed by atoms with Gasteiger partial charge in [0.1, 0.15) is 0 Å². The molecule has 1 amide bonds. The minimum atomic E-state index is 0.0186. The summed E-state index contributed by atoms with van der Waals surface area (Å²) in [4.78, 5) is 13.2. The number of nitrogens with one attached hydrogen (secondary N) is 1. The lowest BCUT2D eigenvalue weighted by Crippen LogP contribution is -2.15. The standard InChI is InChI=1S/C17H21N3O2S/c21-17(8-10-23-16-6-2-1-3-7-16)19-14-11-18-20(12-14)13-15-5-4-9-22-15/h1-3,6-7,11-12,15H,4-5,8-10,13H2,(H,19,21)/t15-/m0/s1. The molecule has 1 aromatic carbocycles. The first-order valence-corrected chi connectivity index (χ1v) is 8.90. The summed E-state index contributed by atoms with van der Waals surface area (Å²) in [5, 5.41) is 7.17. The molecule has 122 valence electrons. The highest BCUT2D eigenvalue weighted by Gasteiger charge is 2.16. The van der Waals surface area contributed by atoms with E-state index in [9.17, 15) is 4.79 Å². The zero-order valence-corrected chi connectivity index (χ0v) is 13.8. The lowest BCUT2D eigenvalue weighted by molar-refractivity contribution is -0.115. The molecule has 1 aliphatic heterocycles. The van der Waals surface area contributed by atoms with Gasteiger partial charge in [0.15, 0.2) is 0 Å². The van der Waals surface area contributed by atoms with Gasteiger partial charge in [0.2, 0.25) is 5.91 Å². The zero-order valence-electron chi connectivity index (χ0n) is 13.0. The van der Waals surface area contributed by atoms with Gasteiger partial charge in [-0.15, -0.1) is 11.8 Å². The van der Waals surface area contributed by atoms with Crippen molar-refractivity contribution in [1.29, 1.82) is 0 Å². The molecule has 1 fully saturated rings. The van der Waals surface area contributed by atoms with Crippen LogP contribution in [0.3, 0.4) is 0 Å². The quantitative estimate of drug-likeness (QED) is 0.792. The molecule has 6 heteroatoms. The van der Waals surface area contributed by atoms with E-state index in [1.165, 1.54) is 4.90 Å². The number of benzene rings is 1. The van der Waals surface area contributed by atoms with Gasteiger partial charge in [-0.3, -0.25) is 9.48 Å². The van der Waals surface area contributed by atoms with Crippen molar-refractivity contribution in [2.24, 2.45) is 0 Å². The van der Waals surface area contributed by atoms with E-state index in [1.54, 1.807) is 18.0 Å². The second-order valence-corrected chi connectivity index (χ2v) is 6.71. The molecule has 0 aliphatic carbocycles. The van der Waals surface area contributed by atoms with Crippen LogP contribution in [0.2, 0.25) is 0 Å². The molecule has 5 nitrogen and oxygen atoms in total. The van der Waals surface area contributed by atoms with Crippen LogP contribution in [0, 0.1) is 0 Å². The third-order valence-electron chi connectivity index (χ3n) is 3.67. The van der Waals surface area contributed by atoms with Crippen molar-refractivity contribution in [3.05, 3.63) is 42.7 Å². The Bertz CT molecular complexity index is 624. The van der Waals surface area contributed by atoms with E-state index in [0.29, 0.717) is 6.42 Å². The highest BCUT2D eigenvalue weighted by molar-refractivity contribution is 7.99. The molecule has 1 N–H and O–H groups in total. The Labute approximate surface area is 140 Å². The first-order chi connectivity index (χ1) is 11.3. The van der Waals surface area contributed by atoms with E-state index >= 15 is 0 Å². The van der Waals surface area contributed by atoms with Gasteiger partial charge in [-0.05, 0) is 25.0 Å². The summed E-state index contributed by atoms with van der Waals surface area (Å²) in [5.41, 5.74) is 0.748. The van der Waals surface area contributed by atoms with Gasteiger partial charge in [-0.1, -0.05) is 18.2 Å². The number of carbonyl (C=O) groups is 1. The molecule has 1 aromatic heterocycles. The number of amides is 1. The van der Waals surface area contributed by atoms with Gasteiger partial charge >= 0.3 is 0 Å². The molecule has 2 heterocycles. The fraction of sp³-hybridized carbons (Fsp3) is 0.412. The van der Waals surface area contributed by atoms with Crippen molar-refractivity contribution >= 4 is 23.4 Å². The molecule has 0 radical (unpaired) electrons. The fourth-order valence-electron chi connectivity index (χ4n) is 2.53. The van der Waals surface area contributed by atoms with E-state index < -0.39 is 0 Å². The molecular weight excluding hydrogens is 310 g/mol. The van der Waals surface area contributed by atoms with Crippen LogP contribution in [0.4, 0.5) is 5.69 Å². The smallest absolute Gasteiger partial charge is 0.225 e. The Morgan fingerprint density at radius 3 is 3.04 bits per heavy atom. The minimum Gasteiger partial charge on any atom is -0.376 e. The Morgan fingerprint density at radius 2 is 2.26 bits per heavy atom. The minimum absolute atomic E-state index is 0.0186. The molecule has 1 aliphatic rings. The summed E-state index contributed by atoms with van der Waals surface area (Å²) in [5.74, 6) is 0.782. The van der Waals surface area contributed by atoms with E-state index in [2.05, 4.69) is 22.5 Å². The maximum absolute atomic E-state index is 12.0. The van der Waals surface area contributed by atoms with Crippen LogP contribution in [-0.2, 0) is 16.1 Å². The van der Waals surface area contributed by atoms with Gasteiger partial charge in [0.05, 0.1) is 24.5 Å². The lowest BCUT2D eigenvalue weighted by Gasteiger charge is -2.08. The summed E-state index contributed by atoms with van der Waals surface area (Å²) in [6, 6.07) is 10.1. The van der Waals surface area contributed by atoms with Crippen LogP contribution in [0.15, 0.2) is 47.6 Å². The van der Waals surface area contributed by atoms with Gasteiger partial charge in [0.25, 0.3) is 0 Å². The van der Waals surface area contributed by atoms with E-state index in [1.807, 2.05) is 29.1 Å². The number of thioether (sulfide) groups is 1. The van der Waals surface area contributed by atoms with Gasteiger partial charge in [-0.25, -0.2) is 0 Å². The average Bonchev–Trinajstić information content (AvgIpc) is 3.21. The summed E-state index contributed by atoms with van der Waals surface area (Å²) in [7, 11) is 0. The van der Waals surface area contributed by atoms with Crippen LogP contribution < -0.4 is 5.32 Å². The summed E-state index contributed by atoms with van der Waals surface area (Å²) in [6.45, 7) is 1.59. The number of hydrogen-bond donors (Lipinski definition) is 1. The van der Waals surface area contributed by atoms with Crippen LogP contribution >= 0.6 is 11.8 Å². The largest absolute Gasteiger partial charge is 0.376 e. The van der Waals surface area contributed by atoms with Crippen LogP contribution in [0.5, 0.6) is 0 Å². The molecule has 1 atom stereocenters. The SMILES string of the molecule is O=C(CCSc1ccccc1)Nc1cnn(C[C@@H]2CCCO2)c1. The number of aromatic nitrogens is 2. The molecule has 0 bridgehead atoms. The summed E-state index contributed by atoms with van der Waals surface area (Å²) >= 11 is 1.69. The molecule has 1 saturated heterocycles. The van der Waals surface area contributed by atoms with Crippen LogP contribution in [0.25, 0.3) is 0 Å². The third-order valence-corrected chi connectivity index (χ3v) is 4.69. The monoisotopic (exact) mass is 331 g/mol. The van der Waals surface area contributed by atoms with Crippen LogP contribution in [0.1, 0.15) is 19.3 Å². The van der Waals surface area contributed by atoms with E-state index in [4.69, 9.17) is 4.74 Å². The average molecular weight is 331 g/mol. The molecule has 23 heavy (non-hydrogen) atoms. The van der Waals surface area contributed by atoms with Crippen LogP contribution in [-0.4, -0.2) is 34.2 Å².